The van der Waals surface area contributed by atoms with E-state index in [1.54, 1.807) is 0 Å². The Hall–Kier alpha value is -0.680. The van der Waals surface area contributed by atoms with E-state index in [2.05, 4.69) is 28.2 Å². The first kappa shape index (κ1) is 13.7. The summed E-state index contributed by atoms with van der Waals surface area (Å²) in [5, 5.41) is 3.41. The molecule has 5 heteroatoms. The minimum Gasteiger partial charge on any atom is -0.367 e. The highest BCUT2D eigenvalue weighted by atomic mass is 79.9. The van der Waals surface area contributed by atoms with E-state index >= 15 is 0 Å². The van der Waals surface area contributed by atoms with Gasteiger partial charge in [0.05, 0.1) is 10.2 Å². The third-order valence-corrected chi connectivity index (χ3v) is 3.91. The number of benzene rings is 1. The minimum atomic E-state index is -0.420. The summed E-state index contributed by atoms with van der Waals surface area (Å²) < 4.78 is 27.6. The zero-order chi connectivity index (χ0) is 13.1. The van der Waals surface area contributed by atoms with E-state index in [1.165, 1.54) is 12.1 Å². The average Bonchev–Trinajstić information content (AvgIpc) is 2.59. The Morgan fingerprint density at radius 3 is 2.89 bits per heavy atom. The molecule has 1 N–H and O–H groups in total. The maximum Gasteiger partial charge on any atom is 0.147 e. The Morgan fingerprint density at radius 1 is 1.39 bits per heavy atom. The summed E-state index contributed by atoms with van der Waals surface area (Å²) in [5.41, 5.74) is 0.359. The molecule has 18 heavy (non-hydrogen) atoms. The lowest BCUT2D eigenvalue weighted by Gasteiger charge is -2.26. The molecule has 1 aliphatic rings. The van der Waals surface area contributed by atoms with E-state index in [9.17, 15) is 8.78 Å². The normalized spacial score (nSPS) is 20.9. The molecular formula is C13H17BrF2N2. The van der Waals surface area contributed by atoms with Crippen LogP contribution in [-0.2, 0) is 0 Å². The van der Waals surface area contributed by atoms with E-state index in [1.807, 2.05) is 4.90 Å². The first-order chi connectivity index (χ1) is 8.61. The van der Waals surface area contributed by atoms with Crippen molar-refractivity contribution in [3.05, 3.63) is 28.2 Å². The van der Waals surface area contributed by atoms with Crippen molar-refractivity contribution < 1.29 is 8.78 Å². The quantitative estimate of drug-likeness (QED) is 0.842. The standard InChI is InChI=1S/C13H17BrF2N2/c1-2-9-8-18(5-3-4-17-9)13-7-11(15)10(14)6-12(13)16/h6-7,9,17H,2-5,8H2,1H3. The first-order valence-electron chi connectivity index (χ1n) is 6.24. The summed E-state index contributed by atoms with van der Waals surface area (Å²) in [7, 11) is 0. The smallest absolute Gasteiger partial charge is 0.147 e. The molecule has 1 saturated heterocycles. The molecule has 1 aromatic rings. The maximum absolute atomic E-state index is 13.9. The van der Waals surface area contributed by atoms with E-state index in [0.29, 0.717) is 18.3 Å². The topological polar surface area (TPSA) is 15.3 Å². The summed E-state index contributed by atoms with van der Waals surface area (Å²) in [5.74, 6) is -0.795. The largest absolute Gasteiger partial charge is 0.367 e. The average molecular weight is 319 g/mol. The summed E-state index contributed by atoms with van der Waals surface area (Å²) in [6.45, 7) is 4.49. The Labute approximate surface area is 114 Å². The fourth-order valence-electron chi connectivity index (χ4n) is 2.24. The van der Waals surface area contributed by atoms with E-state index in [0.717, 1.165) is 25.9 Å². The zero-order valence-electron chi connectivity index (χ0n) is 10.3. The first-order valence-corrected chi connectivity index (χ1v) is 7.04. The van der Waals surface area contributed by atoms with Crippen LogP contribution >= 0.6 is 15.9 Å². The van der Waals surface area contributed by atoms with Crippen LogP contribution in [-0.4, -0.2) is 25.7 Å². The monoisotopic (exact) mass is 318 g/mol. The summed E-state index contributed by atoms with van der Waals surface area (Å²) in [4.78, 5) is 1.93. The van der Waals surface area contributed by atoms with Crippen LogP contribution < -0.4 is 10.2 Å². The third-order valence-electron chi connectivity index (χ3n) is 3.30. The van der Waals surface area contributed by atoms with Crippen molar-refractivity contribution in [1.82, 2.24) is 5.32 Å². The summed E-state index contributed by atoms with van der Waals surface area (Å²) >= 11 is 3.00. The van der Waals surface area contributed by atoms with Crippen LogP contribution in [0, 0.1) is 11.6 Å². The highest BCUT2D eigenvalue weighted by Gasteiger charge is 2.20. The molecule has 0 bridgehead atoms. The maximum atomic E-state index is 13.9. The van der Waals surface area contributed by atoms with E-state index in [-0.39, 0.29) is 10.3 Å². The molecule has 1 heterocycles. The summed E-state index contributed by atoms with van der Waals surface area (Å²) in [6.07, 6.45) is 1.92. The Bertz CT molecular complexity index is 426. The predicted octanol–water partition coefficient (Wildman–Crippen LogP) is 3.31. The Balaban J connectivity index is 2.26. The van der Waals surface area contributed by atoms with Crippen LogP contribution in [0.1, 0.15) is 19.8 Å². The fourth-order valence-corrected chi connectivity index (χ4v) is 2.56. The molecule has 0 amide bonds. The highest BCUT2D eigenvalue weighted by Crippen LogP contribution is 2.27. The van der Waals surface area contributed by atoms with Crippen molar-refractivity contribution >= 4 is 21.6 Å². The lowest BCUT2D eigenvalue weighted by atomic mass is 10.2. The third kappa shape index (κ3) is 3.01. The number of nitrogens with one attached hydrogen (secondary N) is 1. The minimum absolute atomic E-state index is 0.170. The predicted molar refractivity (Wildman–Crippen MR) is 73.0 cm³/mol. The number of nitrogens with zero attached hydrogens (tertiary/aromatic N) is 1. The molecule has 2 nitrogen and oxygen atoms in total. The van der Waals surface area contributed by atoms with Gasteiger partial charge in [-0.2, -0.15) is 0 Å². The molecule has 1 aromatic carbocycles. The molecule has 100 valence electrons. The lowest BCUT2D eigenvalue weighted by Crippen LogP contribution is -2.37. The molecule has 0 aromatic heterocycles. The van der Waals surface area contributed by atoms with Crippen molar-refractivity contribution in [1.29, 1.82) is 0 Å². The van der Waals surface area contributed by atoms with Gasteiger partial charge in [0, 0.05) is 25.2 Å². The highest BCUT2D eigenvalue weighted by molar-refractivity contribution is 9.10. The summed E-state index contributed by atoms with van der Waals surface area (Å²) in [6, 6.07) is 2.81. The molecule has 1 atom stereocenters. The van der Waals surface area contributed by atoms with Crippen molar-refractivity contribution in [2.45, 2.75) is 25.8 Å². The van der Waals surface area contributed by atoms with E-state index in [4.69, 9.17) is 0 Å². The van der Waals surface area contributed by atoms with E-state index < -0.39 is 5.82 Å². The van der Waals surface area contributed by atoms with Gasteiger partial charge in [0.1, 0.15) is 11.6 Å². The Morgan fingerprint density at radius 2 is 2.17 bits per heavy atom. The number of rotatable bonds is 2. The SMILES string of the molecule is CCC1CN(c2cc(F)c(Br)cc2F)CCCN1. The molecule has 0 radical (unpaired) electrons. The van der Waals surface area contributed by atoms with Crippen LogP contribution in [0.25, 0.3) is 0 Å². The van der Waals surface area contributed by atoms with Gasteiger partial charge < -0.3 is 10.2 Å². The van der Waals surface area contributed by atoms with Gasteiger partial charge in [-0.3, -0.25) is 0 Å². The van der Waals surface area contributed by atoms with Crippen LogP contribution in [0.15, 0.2) is 16.6 Å². The molecule has 1 fully saturated rings. The molecule has 0 aliphatic carbocycles. The fraction of sp³-hybridized carbons (Fsp3) is 0.538. The molecule has 1 unspecified atom stereocenters. The number of hydrogen-bond acceptors (Lipinski definition) is 2. The number of halogens is 3. The van der Waals surface area contributed by atoms with Gasteiger partial charge in [-0.05, 0) is 41.4 Å². The second-order valence-corrected chi connectivity index (χ2v) is 5.43. The van der Waals surface area contributed by atoms with Crippen LogP contribution in [0.3, 0.4) is 0 Å². The molecule has 2 rings (SSSR count). The molecule has 0 spiro atoms. The van der Waals surface area contributed by atoms with Gasteiger partial charge in [-0.1, -0.05) is 6.92 Å². The van der Waals surface area contributed by atoms with Gasteiger partial charge in [0.2, 0.25) is 0 Å². The van der Waals surface area contributed by atoms with Crippen LogP contribution in [0.5, 0.6) is 0 Å². The molecule has 0 saturated carbocycles. The lowest BCUT2D eigenvalue weighted by molar-refractivity contribution is 0.524. The van der Waals surface area contributed by atoms with Gasteiger partial charge in [0.15, 0.2) is 0 Å². The van der Waals surface area contributed by atoms with Crippen molar-refractivity contribution in [2.75, 3.05) is 24.5 Å². The Kier molecular flexibility index (Phi) is 4.56. The number of anilines is 1. The second-order valence-electron chi connectivity index (χ2n) is 4.58. The zero-order valence-corrected chi connectivity index (χ0v) is 11.9. The van der Waals surface area contributed by atoms with Gasteiger partial charge in [-0.25, -0.2) is 8.78 Å². The molecular weight excluding hydrogens is 302 g/mol. The van der Waals surface area contributed by atoms with Crippen molar-refractivity contribution in [3.63, 3.8) is 0 Å². The van der Waals surface area contributed by atoms with Crippen LogP contribution in [0.2, 0.25) is 0 Å². The van der Waals surface area contributed by atoms with Crippen LogP contribution in [0.4, 0.5) is 14.5 Å². The van der Waals surface area contributed by atoms with Gasteiger partial charge in [-0.15, -0.1) is 0 Å². The number of hydrogen-bond donors (Lipinski definition) is 1. The molecule has 1 aliphatic heterocycles. The van der Waals surface area contributed by atoms with Gasteiger partial charge >= 0.3 is 0 Å². The van der Waals surface area contributed by atoms with Gasteiger partial charge in [0.25, 0.3) is 0 Å². The van der Waals surface area contributed by atoms with Crippen molar-refractivity contribution in [3.8, 4) is 0 Å². The van der Waals surface area contributed by atoms with Crippen molar-refractivity contribution in [2.24, 2.45) is 0 Å². The second kappa shape index (κ2) is 5.97.